The first-order valence-corrected chi connectivity index (χ1v) is 5.73. The van der Waals surface area contributed by atoms with E-state index in [1.54, 1.807) is 30.3 Å². The van der Waals surface area contributed by atoms with Crippen molar-refractivity contribution >= 4 is 27.8 Å². The van der Waals surface area contributed by atoms with Crippen LogP contribution in [0.25, 0.3) is 0 Å². The van der Waals surface area contributed by atoms with Crippen LogP contribution in [0.15, 0.2) is 41.4 Å². The van der Waals surface area contributed by atoms with Gasteiger partial charge in [0.15, 0.2) is 6.61 Å². The minimum atomic E-state index is -0.522. The summed E-state index contributed by atoms with van der Waals surface area (Å²) in [5.74, 6) is -0.874. The number of amides is 1. The number of carbonyl (C=O) groups excluding carboxylic acids is 2. The van der Waals surface area contributed by atoms with E-state index in [1.165, 1.54) is 0 Å². The molecule has 0 heterocycles. The van der Waals surface area contributed by atoms with Crippen LogP contribution in [-0.2, 0) is 9.53 Å². The summed E-state index contributed by atoms with van der Waals surface area (Å²) in [6.07, 6.45) is 1.55. The van der Waals surface area contributed by atoms with Crippen molar-refractivity contribution in [1.82, 2.24) is 5.32 Å². The van der Waals surface area contributed by atoms with Crippen molar-refractivity contribution in [3.63, 3.8) is 0 Å². The van der Waals surface area contributed by atoms with Crippen LogP contribution < -0.4 is 5.32 Å². The highest BCUT2D eigenvalue weighted by molar-refractivity contribution is 9.10. The fourth-order valence-corrected chi connectivity index (χ4v) is 1.30. The van der Waals surface area contributed by atoms with Crippen molar-refractivity contribution in [2.45, 2.75) is 0 Å². The lowest BCUT2D eigenvalue weighted by Gasteiger charge is -2.04. The molecule has 1 aromatic carbocycles. The van der Waals surface area contributed by atoms with E-state index < -0.39 is 5.97 Å². The normalized spacial score (nSPS) is 9.47. The molecule has 0 atom stereocenters. The molecule has 0 aliphatic heterocycles. The number of hydrogen-bond acceptors (Lipinski definition) is 3. The van der Waals surface area contributed by atoms with Crippen LogP contribution in [0, 0.1) is 0 Å². The molecule has 0 saturated carbocycles. The van der Waals surface area contributed by atoms with Gasteiger partial charge in [0.1, 0.15) is 0 Å². The van der Waals surface area contributed by atoms with E-state index in [4.69, 9.17) is 4.74 Å². The average molecular weight is 298 g/mol. The van der Waals surface area contributed by atoms with E-state index in [9.17, 15) is 9.59 Å². The number of hydrogen-bond donors (Lipinski definition) is 1. The predicted molar refractivity (Wildman–Crippen MR) is 67.6 cm³/mol. The monoisotopic (exact) mass is 297 g/mol. The minimum Gasteiger partial charge on any atom is -0.452 e. The second kappa shape index (κ2) is 6.85. The zero-order valence-corrected chi connectivity index (χ0v) is 10.7. The third kappa shape index (κ3) is 4.82. The Morgan fingerprint density at radius 2 is 2.00 bits per heavy atom. The minimum absolute atomic E-state index is 0.289. The zero-order valence-electron chi connectivity index (χ0n) is 9.11. The predicted octanol–water partition coefficient (Wildman–Crippen LogP) is 1.91. The van der Waals surface area contributed by atoms with Crippen molar-refractivity contribution in [2.75, 3.05) is 13.2 Å². The Balaban J connectivity index is 2.42. The molecule has 0 bridgehead atoms. The van der Waals surface area contributed by atoms with Crippen LogP contribution in [0.2, 0.25) is 0 Å². The van der Waals surface area contributed by atoms with Gasteiger partial charge >= 0.3 is 5.97 Å². The Labute approximate surface area is 108 Å². The summed E-state index contributed by atoms with van der Waals surface area (Å²) >= 11 is 3.26. The molecule has 17 heavy (non-hydrogen) atoms. The van der Waals surface area contributed by atoms with Gasteiger partial charge in [0.05, 0.1) is 5.56 Å². The van der Waals surface area contributed by atoms with E-state index in [1.807, 2.05) is 0 Å². The zero-order chi connectivity index (χ0) is 12.7. The molecule has 1 amide bonds. The van der Waals surface area contributed by atoms with Crippen LogP contribution in [0.4, 0.5) is 0 Å². The van der Waals surface area contributed by atoms with Gasteiger partial charge in [0.25, 0.3) is 5.91 Å². The van der Waals surface area contributed by atoms with E-state index in [-0.39, 0.29) is 12.5 Å². The summed E-state index contributed by atoms with van der Waals surface area (Å²) in [4.78, 5) is 22.6. The van der Waals surface area contributed by atoms with Gasteiger partial charge in [0.2, 0.25) is 0 Å². The summed E-state index contributed by atoms with van der Waals surface area (Å²) in [5.41, 5.74) is 0.407. The number of rotatable bonds is 5. The fraction of sp³-hybridized carbons (Fsp3) is 0.167. The smallest absolute Gasteiger partial charge is 0.338 e. The lowest BCUT2D eigenvalue weighted by molar-refractivity contribution is -0.124. The van der Waals surface area contributed by atoms with E-state index in [0.717, 1.165) is 4.47 Å². The van der Waals surface area contributed by atoms with Crippen molar-refractivity contribution in [2.24, 2.45) is 0 Å². The van der Waals surface area contributed by atoms with Crippen LogP contribution >= 0.6 is 15.9 Å². The summed E-state index contributed by atoms with van der Waals surface area (Å²) < 4.78 is 5.70. The molecular formula is C12H12BrNO3. The SMILES string of the molecule is C=CCNC(=O)COC(=O)c1ccc(Br)cc1. The molecule has 0 aromatic heterocycles. The second-order valence-electron chi connectivity index (χ2n) is 3.18. The van der Waals surface area contributed by atoms with Crippen LogP contribution in [0.3, 0.4) is 0 Å². The van der Waals surface area contributed by atoms with Crippen LogP contribution in [-0.4, -0.2) is 25.0 Å². The van der Waals surface area contributed by atoms with Crippen molar-refractivity contribution in [1.29, 1.82) is 0 Å². The summed E-state index contributed by atoms with van der Waals surface area (Å²) in [5, 5.41) is 2.51. The third-order valence-electron chi connectivity index (χ3n) is 1.86. The first kappa shape index (κ1) is 13.4. The maximum Gasteiger partial charge on any atom is 0.338 e. The topological polar surface area (TPSA) is 55.4 Å². The molecule has 0 unspecified atom stereocenters. The number of carbonyl (C=O) groups is 2. The van der Waals surface area contributed by atoms with Gasteiger partial charge in [-0.05, 0) is 24.3 Å². The fourth-order valence-electron chi connectivity index (χ4n) is 1.04. The van der Waals surface area contributed by atoms with E-state index in [2.05, 4.69) is 27.8 Å². The third-order valence-corrected chi connectivity index (χ3v) is 2.39. The number of nitrogens with one attached hydrogen (secondary N) is 1. The van der Waals surface area contributed by atoms with Crippen molar-refractivity contribution in [3.8, 4) is 0 Å². The Morgan fingerprint density at radius 1 is 1.35 bits per heavy atom. The largest absolute Gasteiger partial charge is 0.452 e. The Morgan fingerprint density at radius 3 is 2.59 bits per heavy atom. The lowest BCUT2D eigenvalue weighted by Crippen LogP contribution is -2.28. The maximum atomic E-state index is 11.5. The molecule has 0 fully saturated rings. The van der Waals surface area contributed by atoms with Crippen LogP contribution in [0.5, 0.6) is 0 Å². The highest BCUT2D eigenvalue weighted by atomic mass is 79.9. The molecule has 1 aromatic rings. The Bertz CT molecular complexity index is 414. The van der Waals surface area contributed by atoms with Crippen molar-refractivity contribution < 1.29 is 14.3 Å². The van der Waals surface area contributed by atoms with Gasteiger partial charge in [-0.3, -0.25) is 4.79 Å². The highest BCUT2D eigenvalue weighted by Gasteiger charge is 2.09. The number of ether oxygens (including phenoxy) is 1. The van der Waals surface area contributed by atoms with Crippen molar-refractivity contribution in [3.05, 3.63) is 47.0 Å². The van der Waals surface area contributed by atoms with Gasteiger partial charge in [-0.1, -0.05) is 22.0 Å². The van der Waals surface area contributed by atoms with Gasteiger partial charge in [-0.2, -0.15) is 0 Å². The molecule has 90 valence electrons. The summed E-state index contributed by atoms with van der Waals surface area (Å²) in [6, 6.07) is 6.70. The van der Waals surface area contributed by atoms with Crippen LogP contribution in [0.1, 0.15) is 10.4 Å². The molecular weight excluding hydrogens is 286 g/mol. The number of esters is 1. The molecule has 0 saturated heterocycles. The molecule has 1 rings (SSSR count). The van der Waals surface area contributed by atoms with Gasteiger partial charge in [-0.25, -0.2) is 4.79 Å². The van der Waals surface area contributed by atoms with E-state index >= 15 is 0 Å². The Hall–Kier alpha value is -1.62. The first-order chi connectivity index (χ1) is 8.13. The second-order valence-corrected chi connectivity index (χ2v) is 4.09. The maximum absolute atomic E-state index is 11.5. The Kier molecular flexibility index (Phi) is 5.42. The molecule has 0 spiro atoms. The quantitative estimate of drug-likeness (QED) is 0.667. The molecule has 0 aliphatic rings. The number of benzene rings is 1. The summed E-state index contributed by atoms with van der Waals surface area (Å²) in [6.45, 7) is 3.52. The molecule has 0 aliphatic carbocycles. The van der Waals surface area contributed by atoms with Gasteiger partial charge < -0.3 is 10.1 Å². The average Bonchev–Trinajstić information content (AvgIpc) is 2.34. The first-order valence-electron chi connectivity index (χ1n) is 4.94. The highest BCUT2D eigenvalue weighted by Crippen LogP contribution is 2.11. The summed E-state index contributed by atoms with van der Waals surface area (Å²) in [7, 11) is 0. The standard InChI is InChI=1S/C12H12BrNO3/c1-2-7-14-11(15)8-17-12(16)9-3-5-10(13)6-4-9/h2-6H,1,7-8H2,(H,14,15). The molecule has 0 radical (unpaired) electrons. The molecule has 5 heteroatoms. The number of halogens is 1. The van der Waals surface area contributed by atoms with Gasteiger partial charge in [-0.15, -0.1) is 6.58 Å². The lowest BCUT2D eigenvalue weighted by atomic mass is 10.2. The van der Waals surface area contributed by atoms with E-state index in [0.29, 0.717) is 12.1 Å². The molecule has 4 nitrogen and oxygen atoms in total. The van der Waals surface area contributed by atoms with Gasteiger partial charge in [0, 0.05) is 11.0 Å². The molecule has 1 N–H and O–H groups in total.